The molecule has 2 N–H and O–H groups in total. The minimum Gasteiger partial charge on any atom is -0.497 e. The molecule has 1 fully saturated rings. The zero-order valence-corrected chi connectivity index (χ0v) is 21.5. The van der Waals surface area contributed by atoms with Gasteiger partial charge in [0.25, 0.3) is 0 Å². The fourth-order valence-corrected chi connectivity index (χ4v) is 4.61. The molecule has 1 aliphatic carbocycles. The number of amides is 2. The third-order valence-electron chi connectivity index (χ3n) is 6.40. The standard InChI is InChI=1S/C26H31ClN6O4/c1-37-22-13-9-18(10-14-22)24(26(36)28-21-5-2-3-6-21)32(15-4-16-34)23(35)17-33-30-25(29-31-33)19-7-11-20(27)12-8-19/h7-14,21,24,34H,2-6,15-17H2,1H3,(H,28,36)/t24-/m0/s1. The normalized spacial score (nSPS) is 14.4. The Morgan fingerprint density at radius 3 is 2.51 bits per heavy atom. The Bertz CT molecular complexity index is 1180. The van der Waals surface area contributed by atoms with E-state index in [2.05, 4.69) is 20.7 Å². The van der Waals surface area contributed by atoms with E-state index in [1.54, 1.807) is 55.6 Å². The van der Waals surface area contributed by atoms with Crippen molar-refractivity contribution in [3.05, 3.63) is 59.1 Å². The van der Waals surface area contributed by atoms with Crippen LogP contribution in [0.1, 0.15) is 43.7 Å². The number of aliphatic hydroxyl groups is 1. The molecule has 0 bridgehead atoms. The van der Waals surface area contributed by atoms with Gasteiger partial charge in [0.15, 0.2) is 0 Å². The smallest absolute Gasteiger partial charge is 0.247 e. The Morgan fingerprint density at radius 2 is 1.86 bits per heavy atom. The summed E-state index contributed by atoms with van der Waals surface area (Å²) in [5.74, 6) is 0.387. The Hall–Kier alpha value is -3.50. The summed E-state index contributed by atoms with van der Waals surface area (Å²) in [5.41, 5.74) is 1.36. The predicted molar refractivity (Wildman–Crippen MR) is 138 cm³/mol. The van der Waals surface area contributed by atoms with Crippen molar-refractivity contribution in [3.63, 3.8) is 0 Å². The maximum atomic E-state index is 13.6. The van der Waals surface area contributed by atoms with Crippen LogP contribution in [-0.2, 0) is 16.1 Å². The summed E-state index contributed by atoms with van der Waals surface area (Å²) in [6.07, 6.45) is 4.29. The van der Waals surface area contributed by atoms with Crippen molar-refractivity contribution >= 4 is 23.4 Å². The molecule has 11 heteroatoms. The highest BCUT2D eigenvalue weighted by molar-refractivity contribution is 6.30. The zero-order chi connectivity index (χ0) is 26.2. The van der Waals surface area contributed by atoms with Gasteiger partial charge in [0.1, 0.15) is 18.3 Å². The maximum Gasteiger partial charge on any atom is 0.247 e. The van der Waals surface area contributed by atoms with Crippen molar-refractivity contribution in [3.8, 4) is 17.1 Å². The summed E-state index contributed by atoms with van der Waals surface area (Å²) >= 11 is 5.96. The second-order valence-electron chi connectivity index (χ2n) is 8.98. The van der Waals surface area contributed by atoms with Crippen LogP contribution in [0.25, 0.3) is 11.4 Å². The lowest BCUT2D eigenvalue weighted by Gasteiger charge is -2.32. The van der Waals surface area contributed by atoms with Crippen molar-refractivity contribution in [2.24, 2.45) is 0 Å². The lowest BCUT2D eigenvalue weighted by atomic mass is 10.0. The average Bonchev–Trinajstić information content (AvgIpc) is 3.59. The van der Waals surface area contributed by atoms with Crippen LogP contribution in [0.4, 0.5) is 0 Å². The van der Waals surface area contributed by atoms with Crippen molar-refractivity contribution in [1.82, 2.24) is 30.4 Å². The van der Waals surface area contributed by atoms with Crippen LogP contribution < -0.4 is 10.1 Å². The number of halogens is 1. The Labute approximate surface area is 220 Å². The van der Waals surface area contributed by atoms with Crippen molar-refractivity contribution in [2.45, 2.75) is 50.7 Å². The Balaban J connectivity index is 1.59. The van der Waals surface area contributed by atoms with E-state index in [1.165, 1.54) is 9.70 Å². The summed E-state index contributed by atoms with van der Waals surface area (Å²) in [5, 5.41) is 25.6. The molecule has 2 amide bonds. The van der Waals surface area contributed by atoms with Gasteiger partial charge in [-0.25, -0.2) is 0 Å². The molecule has 1 atom stereocenters. The molecule has 37 heavy (non-hydrogen) atoms. The van der Waals surface area contributed by atoms with Crippen LogP contribution in [0, 0.1) is 0 Å². The Kier molecular flexibility index (Phi) is 9.08. The SMILES string of the molecule is COc1ccc([C@@H](C(=O)NC2CCCC2)N(CCCO)C(=O)Cn2nnc(-c3ccc(Cl)cc3)n2)cc1. The van der Waals surface area contributed by atoms with E-state index >= 15 is 0 Å². The molecule has 1 heterocycles. The minimum atomic E-state index is -0.884. The molecule has 0 spiro atoms. The van der Waals surface area contributed by atoms with E-state index in [0.717, 1.165) is 25.7 Å². The molecule has 1 saturated carbocycles. The number of aromatic nitrogens is 4. The molecule has 196 valence electrons. The van der Waals surface area contributed by atoms with Crippen LogP contribution >= 0.6 is 11.6 Å². The van der Waals surface area contributed by atoms with Crippen molar-refractivity contribution in [1.29, 1.82) is 0 Å². The number of rotatable bonds is 11. The predicted octanol–water partition coefficient (Wildman–Crippen LogP) is 3.01. The molecular weight excluding hydrogens is 496 g/mol. The van der Waals surface area contributed by atoms with Gasteiger partial charge in [-0.1, -0.05) is 36.6 Å². The van der Waals surface area contributed by atoms with Crippen molar-refractivity contribution in [2.75, 3.05) is 20.3 Å². The lowest BCUT2D eigenvalue weighted by molar-refractivity contribution is -0.142. The molecule has 4 rings (SSSR count). The number of hydrogen-bond acceptors (Lipinski definition) is 7. The average molecular weight is 527 g/mol. The van der Waals surface area contributed by atoms with Gasteiger partial charge >= 0.3 is 0 Å². The molecule has 0 aliphatic heterocycles. The first-order valence-corrected chi connectivity index (χ1v) is 12.7. The molecule has 10 nitrogen and oxygen atoms in total. The largest absolute Gasteiger partial charge is 0.497 e. The zero-order valence-electron chi connectivity index (χ0n) is 20.7. The number of carbonyl (C=O) groups excluding carboxylic acids is 2. The molecule has 0 saturated heterocycles. The van der Waals surface area contributed by atoms with Gasteiger partial charge in [0, 0.05) is 29.8 Å². The number of nitrogens with one attached hydrogen (secondary N) is 1. The van der Waals surface area contributed by atoms with Crippen molar-refractivity contribution < 1.29 is 19.4 Å². The van der Waals surface area contributed by atoms with Crippen LogP contribution in [0.15, 0.2) is 48.5 Å². The maximum absolute atomic E-state index is 13.6. The number of tetrazole rings is 1. The second-order valence-corrected chi connectivity index (χ2v) is 9.42. The summed E-state index contributed by atoms with van der Waals surface area (Å²) in [6, 6.07) is 13.3. The van der Waals surface area contributed by atoms with Gasteiger partial charge in [0.2, 0.25) is 17.6 Å². The van der Waals surface area contributed by atoms with E-state index in [-0.39, 0.29) is 37.6 Å². The van der Waals surface area contributed by atoms with Crippen LogP contribution in [0.2, 0.25) is 5.02 Å². The summed E-state index contributed by atoms with van der Waals surface area (Å²) in [7, 11) is 1.57. The summed E-state index contributed by atoms with van der Waals surface area (Å²) < 4.78 is 5.27. The first-order valence-electron chi connectivity index (χ1n) is 12.4. The fourth-order valence-electron chi connectivity index (χ4n) is 4.48. The molecule has 1 aliphatic rings. The molecule has 3 aromatic rings. The number of aliphatic hydroxyl groups excluding tert-OH is 1. The summed E-state index contributed by atoms with van der Waals surface area (Å²) in [4.78, 5) is 29.8. The number of methoxy groups -OCH3 is 1. The number of hydrogen-bond donors (Lipinski definition) is 2. The first kappa shape index (κ1) is 26.6. The van der Waals surface area contributed by atoms with E-state index in [1.807, 2.05) is 0 Å². The lowest BCUT2D eigenvalue weighted by Crippen LogP contribution is -2.47. The van der Waals surface area contributed by atoms with E-state index in [0.29, 0.717) is 34.1 Å². The molecule has 1 aromatic heterocycles. The quantitative estimate of drug-likeness (QED) is 0.393. The first-order chi connectivity index (χ1) is 18.0. The monoisotopic (exact) mass is 526 g/mol. The van der Waals surface area contributed by atoms with Crippen LogP contribution in [-0.4, -0.2) is 68.3 Å². The summed E-state index contributed by atoms with van der Waals surface area (Å²) in [6.45, 7) is -0.149. The highest BCUT2D eigenvalue weighted by Crippen LogP contribution is 2.26. The highest BCUT2D eigenvalue weighted by Gasteiger charge is 2.33. The number of nitrogens with zero attached hydrogens (tertiary/aromatic N) is 5. The van der Waals surface area contributed by atoms with Gasteiger partial charge in [-0.3, -0.25) is 9.59 Å². The van der Waals surface area contributed by atoms with Crippen LogP contribution in [0.3, 0.4) is 0 Å². The Morgan fingerprint density at radius 1 is 1.16 bits per heavy atom. The van der Waals surface area contributed by atoms with E-state index in [9.17, 15) is 14.7 Å². The number of benzene rings is 2. The van der Waals surface area contributed by atoms with Gasteiger partial charge in [-0.05, 0) is 66.4 Å². The highest BCUT2D eigenvalue weighted by atomic mass is 35.5. The molecular formula is C26H31ClN6O4. The minimum absolute atomic E-state index is 0.0851. The van der Waals surface area contributed by atoms with E-state index < -0.39 is 6.04 Å². The fraction of sp³-hybridized carbons (Fsp3) is 0.423. The van der Waals surface area contributed by atoms with E-state index in [4.69, 9.17) is 16.3 Å². The van der Waals surface area contributed by atoms with Gasteiger partial charge in [-0.15, -0.1) is 10.2 Å². The molecule has 0 unspecified atom stereocenters. The molecule has 2 aromatic carbocycles. The second kappa shape index (κ2) is 12.6. The third kappa shape index (κ3) is 6.84. The molecule has 0 radical (unpaired) electrons. The van der Waals surface area contributed by atoms with Gasteiger partial charge in [-0.2, -0.15) is 4.80 Å². The van der Waals surface area contributed by atoms with Crippen LogP contribution in [0.5, 0.6) is 5.75 Å². The number of ether oxygens (including phenoxy) is 1. The topological polar surface area (TPSA) is 122 Å². The van der Waals surface area contributed by atoms with Gasteiger partial charge in [0.05, 0.1) is 7.11 Å². The third-order valence-corrected chi connectivity index (χ3v) is 6.65. The van der Waals surface area contributed by atoms with Gasteiger partial charge < -0.3 is 20.1 Å². The number of carbonyl (C=O) groups is 2.